The lowest BCUT2D eigenvalue weighted by Gasteiger charge is -2.22. The van der Waals surface area contributed by atoms with Gasteiger partial charge in [-0.05, 0) is 18.2 Å². The summed E-state index contributed by atoms with van der Waals surface area (Å²) in [5, 5.41) is 8.77. The van der Waals surface area contributed by atoms with Crippen molar-refractivity contribution in [3.05, 3.63) is 24.3 Å². The topological polar surface area (TPSA) is 104 Å². The predicted molar refractivity (Wildman–Crippen MR) is 73.7 cm³/mol. The number of carbonyl (C=O) groups excluding carboxylic acids is 3. The quantitative estimate of drug-likeness (QED) is 0.578. The van der Waals surface area contributed by atoms with Gasteiger partial charge in [0.25, 0.3) is 0 Å². The molecular weight excluding hydrogens is 262 g/mol. The molecule has 0 fully saturated rings. The third-order valence-electron chi connectivity index (χ3n) is 2.61. The summed E-state index contributed by atoms with van der Waals surface area (Å²) >= 11 is 0. The summed E-state index contributed by atoms with van der Waals surface area (Å²) < 4.78 is 0. The average Bonchev–Trinajstić information content (AvgIpc) is 2.37. The van der Waals surface area contributed by atoms with Gasteiger partial charge in [0.1, 0.15) is 0 Å². The van der Waals surface area contributed by atoms with Crippen LogP contribution in [0.15, 0.2) is 24.3 Å². The van der Waals surface area contributed by atoms with Crippen LogP contribution >= 0.6 is 0 Å². The molecule has 0 aliphatic heterocycles. The summed E-state index contributed by atoms with van der Waals surface area (Å²) in [6.07, 6.45) is 0. The Morgan fingerprint density at radius 1 is 1.25 bits per heavy atom. The largest absolute Gasteiger partial charge is 0.399 e. The molecule has 3 N–H and O–H groups in total. The summed E-state index contributed by atoms with van der Waals surface area (Å²) in [4.78, 5) is 37.4. The third kappa shape index (κ3) is 3.55. The number of benzene rings is 1. The van der Waals surface area contributed by atoms with Crippen molar-refractivity contribution in [1.29, 1.82) is 0 Å². The Bertz CT molecular complexity index is 530. The van der Waals surface area contributed by atoms with Gasteiger partial charge in [-0.25, -0.2) is 4.90 Å². The maximum absolute atomic E-state index is 12.1. The summed E-state index contributed by atoms with van der Waals surface area (Å²) in [7, 11) is 1.37. The van der Waals surface area contributed by atoms with Crippen molar-refractivity contribution >= 4 is 29.1 Å². The SMILES string of the molecule is CC(=O)N(C(=O)C(=O)N(C)CCO)c1cccc(N)c1. The fraction of sp³-hybridized carbons (Fsp3) is 0.308. The van der Waals surface area contributed by atoms with Crippen molar-refractivity contribution in [2.75, 3.05) is 30.8 Å². The number of nitrogen functional groups attached to an aromatic ring is 1. The number of hydrogen-bond acceptors (Lipinski definition) is 5. The number of nitrogens with zero attached hydrogens (tertiary/aromatic N) is 2. The van der Waals surface area contributed by atoms with Gasteiger partial charge in [-0.3, -0.25) is 14.4 Å². The highest BCUT2D eigenvalue weighted by Crippen LogP contribution is 2.18. The van der Waals surface area contributed by atoms with Crippen LogP contribution < -0.4 is 10.6 Å². The van der Waals surface area contributed by atoms with E-state index < -0.39 is 17.7 Å². The highest BCUT2D eigenvalue weighted by molar-refractivity contribution is 6.45. The van der Waals surface area contributed by atoms with Crippen LogP contribution in [0, 0.1) is 0 Å². The minimum absolute atomic E-state index is 0.00719. The minimum atomic E-state index is -0.987. The summed E-state index contributed by atoms with van der Waals surface area (Å²) in [5.41, 5.74) is 6.21. The van der Waals surface area contributed by atoms with Crippen molar-refractivity contribution in [2.24, 2.45) is 0 Å². The molecule has 7 nitrogen and oxygen atoms in total. The Hall–Kier alpha value is -2.41. The second-order valence-electron chi connectivity index (χ2n) is 4.20. The van der Waals surface area contributed by atoms with Gasteiger partial charge in [-0.2, -0.15) is 0 Å². The number of imide groups is 1. The second kappa shape index (κ2) is 6.67. The van der Waals surface area contributed by atoms with E-state index in [2.05, 4.69) is 0 Å². The normalized spacial score (nSPS) is 9.95. The van der Waals surface area contributed by atoms with Crippen molar-refractivity contribution in [2.45, 2.75) is 6.92 Å². The molecule has 20 heavy (non-hydrogen) atoms. The van der Waals surface area contributed by atoms with E-state index in [1.165, 1.54) is 26.1 Å². The van der Waals surface area contributed by atoms with Gasteiger partial charge in [0, 0.05) is 26.2 Å². The van der Waals surface area contributed by atoms with E-state index in [9.17, 15) is 14.4 Å². The maximum Gasteiger partial charge on any atom is 0.323 e. The van der Waals surface area contributed by atoms with Crippen LogP contribution in [0.5, 0.6) is 0 Å². The number of likely N-dealkylation sites (N-methyl/N-ethyl adjacent to an activating group) is 1. The summed E-state index contributed by atoms with van der Waals surface area (Å²) in [6, 6.07) is 6.12. The molecule has 1 aromatic carbocycles. The van der Waals surface area contributed by atoms with Gasteiger partial charge in [-0.15, -0.1) is 0 Å². The Labute approximate surface area is 116 Å². The molecule has 0 aromatic heterocycles. The van der Waals surface area contributed by atoms with Crippen LogP contribution in [0.4, 0.5) is 11.4 Å². The standard InChI is InChI=1S/C13H17N3O4/c1-9(18)16(11-5-3-4-10(14)8-11)13(20)12(19)15(2)6-7-17/h3-5,8,17H,6-7,14H2,1-2H3. The van der Waals surface area contributed by atoms with Crippen LogP contribution in [0.1, 0.15) is 6.92 Å². The molecule has 108 valence electrons. The average molecular weight is 279 g/mol. The molecule has 0 bridgehead atoms. The van der Waals surface area contributed by atoms with Crippen LogP contribution in [0.2, 0.25) is 0 Å². The van der Waals surface area contributed by atoms with Crippen LogP contribution in [0.25, 0.3) is 0 Å². The van der Waals surface area contributed by atoms with Crippen molar-refractivity contribution in [3.8, 4) is 0 Å². The molecule has 0 spiro atoms. The zero-order chi connectivity index (χ0) is 15.3. The number of aliphatic hydroxyl groups is 1. The van der Waals surface area contributed by atoms with Crippen molar-refractivity contribution in [3.63, 3.8) is 0 Å². The number of nitrogens with two attached hydrogens (primary N) is 1. The first-order chi connectivity index (χ1) is 9.38. The lowest BCUT2D eigenvalue weighted by molar-refractivity contribution is -0.145. The maximum atomic E-state index is 12.1. The van der Waals surface area contributed by atoms with E-state index in [0.29, 0.717) is 5.69 Å². The van der Waals surface area contributed by atoms with Gasteiger partial charge in [0.2, 0.25) is 5.91 Å². The monoisotopic (exact) mass is 279 g/mol. The Morgan fingerprint density at radius 2 is 1.90 bits per heavy atom. The molecule has 1 aromatic rings. The van der Waals surface area contributed by atoms with Crippen molar-refractivity contribution in [1.82, 2.24) is 4.90 Å². The Kier molecular flexibility index (Phi) is 5.22. The molecule has 0 unspecified atom stereocenters. The molecule has 3 amide bonds. The number of carbonyl (C=O) groups is 3. The molecule has 0 atom stereocenters. The van der Waals surface area contributed by atoms with Gasteiger partial charge in [0.05, 0.1) is 12.3 Å². The van der Waals surface area contributed by atoms with Gasteiger partial charge in [-0.1, -0.05) is 6.07 Å². The zero-order valence-electron chi connectivity index (χ0n) is 11.4. The predicted octanol–water partition coefficient (Wildman–Crippen LogP) is -0.401. The number of anilines is 2. The van der Waals surface area contributed by atoms with Crippen LogP contribution in [0.3, 0.4) is 0 Å². The third-order valence-corrected chi connectivity index (χ3v) is 2.61. The molecule has 7 heteroatoms. The van der Waals surface area contributed by atoms with E-state index in [-0.39, 0.29) is 18.8 Å². The highest BCUT2D eigenvalue weighted by atomic mass is 16.3. The van der Waals surface area contributed by atoms with E-state index >= 15 is 0 Å². The van der Waals surface area contributed by atoms with Crippen LogP contribution in [-0.4, -0.2) is 47.9 Å². The first kappa shape index (κ1) is 15.6. The van der Waals surface area contributed by atoms with E-state index in [1.54, 1.807) is 12.1 Å². The summed E-state index contributed by atoms with van der Waals surface area (Å²) in [5.74, 6) is -2.46. The molecule has 0 saturated carbocycles. The molecular formula is C13H17N3O4. The molecule has 1 rings (SSSR count). The minimum Gasteiger partial charge on any atom is -0.399 e. The van der Waals surface area contributed by atoms with E-state index in [4.69, 9.17) is 10.8 Å². The Morgan fingerprint density at radius 3 is 2.40 bits per heavy atom. The summed E-state index contributed by atoms with van der Waals surface area (Å²) in [6.45, 7) is 0.918. The molecule has 0 aliphatic carbocycles. The Balaban J connectivity index is 3.06. The fourth-order valence-electron chi connectivity index (χ4n) is 1.62. The lowest BCUT2D eigenvalue weighted by atomic mass is 10.2. The number of aliphatic hydroxyl groups excluding tert-OH is 1. The lowest BCUT2D eigenvalue weighted by Crippen LogP contribution is -2.46. The van der Waals surface area contributed by atoms with Crippen molar-refractivity contribution < 1.29 is 19.5 Å². The first-order valence-electron chi connectivity index (χ1n) is 5.95. The number of rotatable bonds is 3. The van der Waals surface area contributed by atoms with E-state index in [0.717, 1.165) is 9.80 Å². The molecule has 0 aliphatic rings. The first-order valence-corrected chi connectivity index (χ1v) is 5.95. The number of amides is 3. The fourth-order valence-corrected chi connectivity index (χ4v) is 1.62. The molecule has 0 radical (unpaired) electrons. The van der Waals surface area contributed by atoms with Gasteiger partial charge < -0.3 is 15.7 Å². The van der Waals surface area contributed by atoms with Gasteiger partial charge in [0.15, 0.2) is 0 Å². The smallest absolute Gasteiger partial charge is 0.323 e. The van der Waals surface area contributed by atoms with Gasteiger partial charge >= 0.3 is 11.8 Å². The molecule has 0 saturated heterocycles. The zero-order valence-corrected chi connectivity index (χ0v) is 11.4. The number of hydrogen-bond donors (Lipinski definition) is 2. The van der Waals surface area contributed by atoms with Crippen LogP contribution in [-0.2, 0) is 14.4 Å². The van der Waals surface area contributed by atoms with E-state index in [1.807, 2.05) is 0 Å². The second-order valence-corrected chi connectivity index (χ2v) is 4.20. The highest BCUT2D eigenvalue weighted by Gasteiger charge is 2.29. The molecule has 0 heterocycles.